The van der Waals surface area contributed by atoms with Gasteiger partial charge in [-0.15, -0.1) is 0 Å². The molecule has 1 heterocycles. The van der Waals surface area contributed by atoms with E-state index in [0.29, 0.717) is 13.1 Å². The van der Waals surface area contributed by atoms with Crippen LogP contribution in [0.15, 0.2) is 24.3 Å². The molecule has 5 heteroatoms. The summed E-state index contributed by atoms with van der Waals surface area (Å²) >= 11 is 0. The first-order valence-corrected chi connectivity index (χ1v) is 9.52. The second-order valence-electron chi connectivity index (χ2n) is 7.27. The maximum absolute atomic E-state index is 12.5. The smallest absolute Gasteiger partial charge is 0.246 e. The highest BCUT2D eigenvalue weighted by Crippen LogP contribution is 2.32. The molecule has 0 N–H and O–H groups in total. The molecule has 0 aromatic heterocycles. The molecule has 0 radical (unpaired) electrons. The van der Waals surface area contributed by atoms with Gasteiger partial charge in [0.1, 0.15) is 0 Å². The van der Waals surface area contributed by atoms with E-state index in [2.05, 4.69) is 0 Å². The SMILES string of the molecule is COc1ccc(/C=C/C(=O)N2CC(C)OC(C)C2)cc1OC1CCCC1. The van der Waals surface area contributed by atoms with E-state index in [1.54, 1.807) is 13.2 Å². The van der Waals surface area contributed by atoms with Gasteiger partial charge in [-0.2, -0.15) is 0 Å². The van der Waals surface area contributed by atoms with Crippen LogP contribution in [0.2, 0.25) is 0 Å². The number of carbonyl (C=O) groups excluding carboxylic acids is 1. The van der Waals surface area contributed by atoms with Crippen molar-refractivity contribution in [1.29, 1.82) is 0 Å². The highest BCUT2D eigenvalue weighted by Gasteiger charge is 2.24. The van der Waals surface area contributed by atoms with Gasteiger partial charge in [-0.25, -0.2) is 0 Å². The van der Waals surface area contributed by atoms with Crippen molar-refractivity contribution in [2.24, 2.45) is 0 Å². The molecule has 142 valence electrons. The Bertz CT molecular complexity index is 641. The van der Waals surface area contributed by atoms with Crippen molar-refractivity contribution in [1.82, 2.24) is 4.90 Å². The molecule has 0 spiro atoms. The maximum atomic E-state index is 12.5. The summed E-state index contributed by atoms with van der Waals surface area (Å²) in [7, 11) is 1.65. The first-order chi connectivity index (χ1) is 12.5. The Labute approximate surface area is 155 Å². The van der Waals surface area contributed by atoms with Crippen molar-refractivity contribution in [2.45, 2.75) is 57.8 Å². The molecule has 1 saturated carbocycles. The first-order valence-electron chi connectivity index (χ1n) is 9.52. The lowest BCUT2D eigenvalue weighted by atomic mass is 10.1. The van der Waals surface area contributed by atoms with Crippen LogP contribution < -0.4 is 9.47 Å². The number of nitrogens with zero attached hydrogens (tertiary/aromatic N) is 1. The van der Waals surface area contributed by atoms with Gasteiger partial charge in [0.25, 0.3) is 0 Å². The molecule has 1 aromatic rings. The van der Waals surface area contributed by atoms with E-state index in [4.69, 9.17) is 14.2 Å². The fourth-order valence-corrected chi connectivity index (χ4v) is 3.71. The largest absolute Gasteiger partial charge is 0.493 e. The summed E-state index contributed by atoms with van der Waals surface area (Å²) in [5.41, 5.74) is 0.932. The predicted octanol–water partition coefficient (Wildman–Crippen LogP) is 3.67. The Morgan fingerprint density at radius 1 is 1.15 bits per heavy atom. The molecule has 2 fully saturated rings. The Morgan fingerprint density at radius 3 is 2.50 bits per heavy atom. The van der Waals surface area contributed by atoms with Crippen LogP contribution in [0.5, 0.6) is 11.5 Å². The Hall–Kier alpha value is -2.01. The van der Waals surface area contributed by atoms with Crippen LogP contribution in [0.1, 0.15) is 45.1 Å². The van der Waals surface area contributed by atoms with E-state index in [1.165, 1.54) is 12.8 Å². The minimum atomic E-state index is 0.0149. The second-order valence-corrected chi connectivity index (χ2v) is 7.27. The second kappa shape index (κ2) is 8.58. The monoisotopic (exact) mass is 359 g/mol. The van der Waals surface area contributed by atoms with Gasteiger partial charge in [0.2, 0.25) is 5.91 Å². The molecular formula is C21H29NO4. The molecular weight excluding hydrogens is 330 g/mol. The van der Waals surface area contributed by atoms with E-state index >= 15 is 0 Å². The van der Waals surface area contributed by atoms with Crippen molar-refractivity contribution in [3.8, 4) is 11.5 Å². The average Bonchev–Trinajstić information content (AvgIpc) is 3.12. The lowest BCUT2D eigenvalue weighted by Crippen LogP contribution is -2.47. The van der Waals surface area contributed by atoms with E-state index in [0.717, 1.165) is 29.9 Å². The fraction of sp³-hybridized carbons (Fsp3) is 0.571. The number of amides is 1. The van der Waals surface area contributed by atoms with Crippen molar-refractivity contribution < 1.29 is 19.0 Å². The van der Waals surface area contributed by atoms with Gasteiger partial charge in [-0.1, -0.05) is 6.07 Å². The van der Waals surface area contributed by atoms with Gasteiger partial charge in [-0.3, -0.25) is 4.79 Å². The van der Waals surface area contributed by atoms with Crippen molar-refractivity contribution >= 4 is 12.0 Å². The zero-order valence-corrected chi connectivity index (χ0v) is 15.9. The summed E-state index contributed by atoms with van der Waals surface area (Å²) < 4.78 is 17.2. The lowest BCUT2D eigenvalue weighted by Gasteiger charge is -2.34. The fourth-order valence-electron chi connectivity index (χ4n) is 3.71. The third kappa shape index (κ3) is 4.79. The Balaban J connectivity index is 1.68. The Kier molecular flexibility index (Phi) is 6.20. The molecule has 2 aliphatic rings. The van der Waals surface area contributed by atoms with Crippen molar-refractivity contribution in [3.05, 3.63) is 29.8 Å². The quantitative estimate of drug-likeness (QED) is 0.753. The molecule has 5 nitrogen and oxygen atoms in total. The molecule has 26 heavy (non-hydrogen) atoms. The van der Waals surface area contributed by atoms with Crippen LogP contribution in [0, 0.1) is 0 Å². The number of carbonyl (C=O) groups is 1. The minimum Gasteiger partial charge on any atom is -0.493 e. The number of morpholine rings is 1. The highest BCUT2D eigenvalue weighted by molar-refractivity contribution is 5.92. The van der Waals surface area contributed by atoms with Gasteiger partial charge in [0.05, 0.1) is 25.4 Å². The van der Waals surface area contributed by atoms with E-state index in [9.17, 15) is 4.79 Å². The molecule has 1 saturated heterocycles. The summed E-state index contributed by atoms with van der Waals surface area (Å²) in [5.74, 6) is 1.50. The Morgan fingerprint density at radius 2 is 1.85 bits per heavy atom. The normalized spacial score (nSPS) is 24.2. The van der Waals surface area contributed by atoms with Crippen LogP contribution in [-0.4, -0.2) is 49.3 Å². The van der Waals surface area contributed by atoms with Gasteiger partial charge >= 0.3 is 0 Å². The van der Waals surface area contributed by atoms with E-state index in [1.807, 2.05) is 43.0 Å². The zero-order chi connectivity index (χ0) is 18.5. The summed E-state index contributed by atoms with van der Waals surface area (Å²) in [6, 6.07) is 5.79. The molecule has 1 amide bonds. The number of benzene rings is 1. The molecule has 1 aliphatic carbocycles. The van der Waals surface area contributed by atoms with Gasteiger partial charge in [0, 0.05) is 19.2 Å². The van der Waals surface area contributed by atoms with Gasteiger partial charge < -0.3 is 19.1 Å². The van der Waals surface area contributed by atoms with E-state index < -0.39 is 0 Å². The zero-order valence-electron chi connectivity index (χ0n) is 15.9. The number of hydrogen-bond donors (Lipinski definition) is 0. The third-order valence-electron chi connectivity index (χ3n) is 4.93. The van der Waals surface area contributed by atoms with Gasteiger partial charge in [0.15, 0.2) is 11.5 Å². The number of rotatable bonds is 5. The molecule has 1 aliphatic heterocycles. The highest BCUT2D eigenvalue weighted by atomic mass is 16.5. The summed E-state index contributed by atoms with van der Waals surface area (Å²) in [6.45, 7) is 5.25. The number of ether oxygens (including phenoxy) is 3. The number of hydrogen-bond acceptors (Lipinski definition) is 4. The maximum Gasteiger partial charge on any atom is 0.246 e. The summed E-state index contributed by atoms with van der Waals surface area (Å²) in [5, 5.41) is 0. The summed E-state index contributed by atoms with van der Waals surface area (Å²) in [6.07, 6.45) is 8.51. The predicted molar refractivity (Wildman–Crippen MR) is 102 cm³/mol. The molecule has 3 rings (SSSR count). The van der Waals surface area contributed by atoms with Crippen molar-refractivity contribution in [2.75, 3.05) is 20.2 Å². The molecule has 0 bridgehead atoms. The summed E-state index contributed by atoms with van der Waals surface area (Å²) in [4.78, 5) is 14.3. The van der Waals surface area contributed by atoms with Crippen LogP contribution in [0.3, 0.4) is 0 Å². The molecule has 2 atom stereocenters. The van der Waals surface area contributed by atoms with Crippen LogP contribution >= 0.6 is 0 Å². The third-order valence-corrected chi connectivity index (χ3v) is 4.93. The molecule has 1 aromatic carbocycles. The standard InChI is InChI=1S/C21H29NO4/c1-15-13-22(14-16(2)25-15)21(23)11-9-17-8-10-19(24-3)20(12-17)26-18-6-4-5-7-18/h8-12,15-16,18H,4-7,13-14H2,1-3H3/b11-9+. The minimum absolute atomic E-state index is 0.0149. The first kappa shape index (κ1) is 18.8. The molecule has 2 unspecified atom stereocenters. The topological polar surface area (TPSA) is 48.0 Å². The van der Waals surface area contributed by atoms with Crippen LogP contribution in [0.4, 0.5) is 0 Å². The van der Waals surface area contributed by atoms with Crippen LogP contribution in [0.25, 0.3) is 6.08 Å². The van der Waals surface area contributed by atoms with Gasteiger partial charge in [-0.05, 0) is 63.3 Å². The van der Waals surface area contributed by atoms with E-state index in [-0.39, 0.29) is 24.2 Å². The van der Waals surface area contributed by atoms with Crippen LogP contribution in [-0.2, 0) is 9.53 Å². The number of methoxy groups -OCH3 is 1. The lowest BCUT2D eigenvalue weighted by molar-refractivity contribution is -0.137. The van der Waals surface area contributed by atoms with Crippen molar-refractivity contribution in [3.63, 3.8) is 0 Å². The average molecular weight is 359 g/mol.